The first-order valence-electron chi connectivity index (χ1n) is 5.02. The van der Waals surface area contributed by atoms with Crippen LogP contribution in [0.4, 0.5) is 5.69 Å². The second-order valence-corrected chi connectivity index (χ2v) is 4.46. The summed E-state index contributed by atoms with van der Waals surface area (Å²) in [6.45, 7) is 5.24. The van der Waals surface area contributed by atoms with Crippen molar-refractivity contribution in [1.29, 1.82) is 10.8 Å². The summed E-state index contributed by atoms with van der Waals surface area (Å²) in [6, 6.07) is 6.25. The molecule has 0 aliphatic heterocycles. The molecule has 5 heteroatoms. The molecule has 0 aromatic heterocycles. The van der Waals surface area contributed by atoms with Gasteiger partial charge in [-0.05, 0) is 39.0 Å². The van der Waals surface area contributed by atoms with Gasteiger partial charge in [0, 0.05) is 0 Å². The summed E-state index contributed by atoms with van der Waals surface area (Å²) >= 11 is 0. The average Bonchev–Trinajstić information content (AvgIpc) is 2.25. The fourth-order valence-corrected chi connectivity index (χ4v) is 1.20. The summed E-state index contributed by atoms with van der Waals surface area (Å²) in [4.78, 5) is 11.8. The molecule has 1 N–H and O–H groups in total. The zero-order chi connectivity index (χ0) is 13.1. The largest absolute Gasteiger partial charge is 0.456 e. The minimum absolute atomic E-state index is 0.133. The van der Waals surface area contributed by atoms with Crippen molar-refractivity contribution in [1.82, 2.24) is 0 Å². The predicted octanol–water partition coefficient (Wildman–Crippen LogP) is 3.18. The average molecular weight is 231 g/mol. The maximum absolute atomic E-state index is 11.8. The maximum Gasteiger partial charge on any atom is 0.340 e. The number of rotatable bonds is 2. The predicted molar refractivity (Wildman–Crippen MR) is 61.1 cm³/mol. The van der Waals surface area contributed by atoms with E-state index in [0.29, 0.717) is 5.56 Å². The van der Waals surface area contributed by atoms with Crippen LogP contribution in [0.1, 0.15) is 36.7 Å². The Hall–Kier alpha value is -2.22. The van der Waals surface area contributed by atoms with Gasteiger partial charge in [-0.1, -0.05) is 0 Å². The molecular weight excluding hydrogens is 218 g/mol. The maximum atomic E-state index is 11.8. The Morgan fingerprint density at radius 1 is 1.47 bits per heavy atom. The van der Waals surface area contributed by atoms with Crippen LogP contribution in [0.2, 0.25) is 0 Å². The highest BCUT2D eigenvalue weighted by Gasteiger charge is 2.20. The molecule has 0 saturated heterocycles. The third-order valence-electron chi connectivity index (χ3n) is 1.86. The number of benzene rings is 1. The van der Waals surface area contributed by atoms with Gasteiger partial charge in [0.05, 0.1) is 22.9 Å². The van der Waals surface area contributed by atoms with Crippen molar-refractivity contribution in [2.24, 2.45) is 5.11 Å². The lowest BCUT2D eigenvalue weighted by Gasteiger charge is -2.19. The first kappa shape index (κ1) is 12.8. The van der Waals surface area contributed by atoms with Crippen LogP contribution < -0.4 is 0 Å². The third-order valence-corrected chi connectivity index (χ3v) is 1.86. The van der Waals surface area contributed by atoms with Gasteiger partial charge in [0.15, 0.2) is 0 Å². The van der Waals surface area contributed by atoms with Gasteiger partial charge in [-0.2, -0.15) is 10.4 Å². The fraction of sp³-hybridized carbons (Fsp3) is 0.333. The second-order valence-electron chi connectivity index (χ2n) is 4.46. The summed E-state index contributed by atoms with van der Waals surface area (Å²) < 4.78 is 5.17. The van der Waals surface area contributed by atoms with Crippen molar-refractivity contribution in [3.05, 3.63) is 29.3 Å². The minimum atomic E-state index is -0.626. The van der Waals surface area contributed by atoms with Gasteiger partial charge in [0.25, 0.3) is 0 Å². The van der Waals surface area contributed by atoms with Crippen LogP contribution in [0.15, 0.2) is 23.3 Å². The van der Waals surface area contributed by atoms with Crippen LogP contribution in [0.5, 0.6) is 0 Å². The van der Waals surface area contributed by atoms with E-state index < -0.39 is 11.6 Å². The zero-order valence-electron chi connectivity index (χ0n) is 9.94. The third kappa shape index (κ3) is 3.38. The van der Waals surface area contributed by atoms with E-state index in [0.717, 1.165) is 0 Å². The fourth-order valence-electron chi connectivity index (χ4n) is 1.20. The summed E-state index contributed by atoms with van der Waals surface area (Å²) in [7, 11) is 0. The van der Waals surface area contributed by atoms with Crippen molar-refractivity contribution >= 4 is 11.7 Å². The number of nitriles is 1. The van der Waals surface area contributed by atoms with E-state index in [1.165, 1.54) is 18.2 Å². The molecule has 88 valence electrons. The van der Waals surface area contributed by atoms with Crippen LogP contribution in [-0.2, 0) is 4.74 Å². The van der Waals surface area contributed by atoms with E-state index in [1.807, 2.05) is 6.07 Å². The van der Waals surface area contributed by atoms with E-state index in [-0.39, 0.29) is 11.3 Å². The number of esters is 1. The SMILES string of the molecule is CC(C)(C)OC(=O)c1cc(C#N)ccc1N=N. The van der Waals surface area contributed by atoms with Crippen LogP contribution >= 0.6 is 0 Å². The van der Waals surface area contributed by atoms with Crippen molar-refractivity contribution in [2.75, 3.05) is 0 Å². The lowest BCUT2D eigenvalue weighted by Crippen LogP contribution is -2.24. The van der Waals surface area contributed by atoms with Crippen LogP contribution in [0.25, 0.3) is 0 Å². The summed E-state index contributed by atoms with van der Waals surface area (Å²) in [5.41, 5.74) is 7.00. The molecule has 0 atom stereocenters. The molecule has 5 nitrogen and oxygen atoms in total. The number of nitrogens with one attached hydrogen (secondary N) is 1. The minimum Gasteiger partial charge on any atom is -0.456 e. The first-order chi connectivity index (χ1) is 7.87. The molecule has 0 bridgehead atoms. The smallest absolute Gasteiger partial charge is 0.340 e. The van der Waals surface area contributed by atoms with Gasteiger partial charge in [0.1, 0.15) is 5.60 Å². The highest BCUT2D eigenvalue weighted by atomic mass is 16.6. The van der Waals surface area contributed by atoms with E-state index in [9.17, 15) is 4.79 Å². The molecule has 0 aliphatic rings. The standard InChI is InChI=1S/C12H13N3O2/c1-12(2,3)17-11(16)9-6-8(7-13)4-5-10(9)15-14/h4-6,14H,1-3H3. The Morgan fingerprint density at radius 3 is 2.59 bits per heavy atom. The molecule has 0 unspecified atom stereocenters. The van der Waals surface area contributed by atoms with E-state index in [1.54, 1.807) is 20.8 Å². The van der Waals surface area contributed by atoms with Gasteiger partial charge in [-0.25, -0.2) is 10.3 Å². The summed E-state index contributed by atoms with van der Waals surface area (Å²) in [5.74, 6) is -0.583. The molecule has 0 aliphatic carbocycles. The van der Waals surface area contributed by atoms with Crippen molar-refractivity contribution in [3.63, 3.8) is 0 Å². The molecule has 0 saturated carbocycles. The van der Waals surface area contributed by atoms with Crippen LogP contribution in [0.3, 0.4) is 0 Å². The Bertz CT molecular complexity index is 495. The van der Waals surface area contributed by atoms with Gasteiger partial charge >= 0.3 is 5.97 Å². The Kier molecular flexibility index (Phi) is 3.59. The molecule has 0 spiro atoms. The molecule has 1 aromatic carbocycles. The highest BCUT2D eigenvalue weighted by Crippen LogP contribution is 2.23. The monoisotopic (exact) mass is 231 g/mol. The lowest BCUT2D eigenvalue weighted by atomic mass is 10.1. The summed E-state index contributed by atoms with van der Waals surface area (Å²) in [5, 5.41) is 12.0. The Balaban J connectivity index is 3.15. The topological polar surface area (TPSA) is 86.3 Å². The van der Waals surface area contributed by atoms with Crippen molar-refractivity contribution in [2.45, 2.75) is 26.4 Å². The van der Waals surface area contributed by atoms with Gasteiger partial charge in [0.2, 0.25) is 0 Å². The number of hydrogen-bond donors (Lipinski definition) is 1. The molecule has 17 heavy (non-hydrogen) atoms. The first-order valence-corrected chi connectivity index (χ1v) is 5.02. The Morgan fingerprint density at radius 2 is 2.12 bits per heavy atom. The van der Waals surface area contributed by atoms with E-state index in [4.69, 9.17) is 15.5 Å². The van der Waals surface area contributed by atoms with Gasteiger partial charge in [-0.3, -0.25) is 0 Å². The van der Waals surface area contributed by atoms with Crippen LogP contribution in [-0.4, -0.2) is 11.6 Å². The summed E-state index contributed by atoms with van der Waals surface area (Å²) in [6.07, 6.45) is 0. The number of nitrogens with zero attached hydrogens (tertiary/aromatic N) is 2. The molecule has 1 aromatic rings. The van der Waals surface area contributed by atoms with Crippen LogP contribution in [0, 0.1) is 16.9 Å². The molecule has 0 amide bonds. The molecule has 0 radical (unpaired) electrons. The normalized spacial score (nSPS) is 10.5. The van der Waals surface area contributed by atoms with Gasteiger partial charge < -0.3 is 4.74 Å². The second kappa shape index (κ2) is 4.74. The number of carbonyl (C=O) groups excluding carboxylic acids is 1. The highest BCUT2D eigenvalue weighted by molar-refractivity contribution is 5.95. The number of hydrogen-bond acceptors (Lipinski definition) is 5. The Labute approximate surface area is 99.5 Å². The molecule has 1 rings (SSSR count). The number of ether oxygens (including phenoxy) is 1. The van der Waals surface area contributed by atoms with Gasteiger partial charge in [-0.15, -0.1) is 0 Å². The molecule has 0 fully saturated rings. The van der Waals surface area contributed by atoms with E-state index in [2.05, 4.69) is 5.11 Å². The lowest BCUT2D eigenvalue weighted by molar-refractivity contribution is 0.00704. The van der Waals surface area contributed by atoms with Crippen molar-refractivity contribution < 1.29 is 9.53 Å². The zero-order valence-corrected chi connectivity index (χ0v) is 9.94. The van der Waals surface area contributed by atoms with E-state index >= 15 is 0 Å². The quantitative estimate of drug-likeness (QED) is 0.626. The molecule has 0 heterocycles. The van der Waals surface area contributed by atoms with Crippen molar-refractivity contribution in [3.8, 4) is 6.07 Å². The number of carbonyl (C=O) groups is 1. The molecular formula is C12H13N3O2.